The molecule has 0 saturated heterocycles. The number of ether oxygens (including phenoxy) is 1. The highest BCUT2D eigenvalue weighted by atomic mass is 16.5. The van der Waals surface area contributed by atoms with Crippen molar-refractivity contribution in [1.29, 1.82) is 0 Å². The van der Waals surface area contributed by atoms with Gasteiger partial charge in [-0.25, -0.2) is 0 Å². The van der Waals surface area contributed by atoms with E-state index in [2.05, 4.69) is 5.32 Å². The second-order valence-corrected chi connectivity index (χ2v) is 4.47. The van der Waals surface area contributed by atoms with Crippen molar-refractivity contribution in [3.63, 3.8) is 0 Å². The maximum absolute atomic E-state index is 10.9. The Morgan fingerprint density at radius 2 is 2.06 bits per heavy atom. The van der Waals surface area contributed by atoms with Crippen LogP contribution in [0.1, 0.15) is 28.8 Å². The van der Waals surface area contributed by atoms with Crippen LogP contribution >= 0.6 is 0 Å². The Morgan fingerprint density at radius 3 is 2.59 bits per heavy atom. The lowest BCUT2D eigenvalue weighted by Crippen LogP contribution is -2.44. The minimum absolute atomic E-state index is 0.383. The van der Waals surface area contributed by atoms with Gasteiger partial charge in [0.25, 0.3) is 0 Å². The molecule has 0 aliphatic heterocycles. The first-order valence-electron chi connectivity index (χ1n) is 5.84. The normalized spacial score (nSPS) is 23.1. The number of methoxy groups -OCH3 is 1. The summed E-state index contributed by atoms with van der Waals surface area (Å²) >= 11 is 0. The first kappa shape index (κ1) is 12.1. The first-order chi connectivity index (χ1) is 8.19. The summed E-state index contributed by atoms with van der Waals surface area (Å²) in [6.45, 7) is 0.820. The molecule has 2 rings (SSSR count). The maximum Gasteiger partial charge on any atom is 0.248 e. The largest absolute Gasteiger partial charge is 0.381 e. The third-order valence-electron chi connectivity index (χ3n) is 3.26. The Labute approximate surface area is 101 Å². The summed E-state index contributed by atoms with van der Waals surface area (Å²) in [5.41, 5.74) is 6.89. The molecule has 92 valence electrons. The van der Waals surface area contributed by atoms with E-state index >= 15 is 0 Å². The molecular weight excluding hydrogens is 216 g/mol. The maximum atomic E-state index is 10.9. The van der Waals surface area contributed by atoms with Crippen molar-refractivity contribution in [2.45, 2.75) is 31.5 Å². The van der Waals surface area contributed by atoms with Gasteiger partial charge in [-0.1, -0.05) is 12.1 Å². The lowest BCUT2D eigenvalue weighted by atomic mass is 9.89. The van der Waals surface area contributed by atoms with Gasteiger partial charge in [0.15, 0.2) is 0 Å². The molecular formula is C13H18N2O2. The van der Waals surface area contributed by atoms with E-state index in [0.717, 1.165) is 24.9 Å². The second-order valence-electron chi connectivity index (χ2n) is 4.47. The van der Waals surface area contributed by atoms with Crippen LogP contribution in [0, 0.1) is 0 Å². The minimum Gasteiger partial charge on any atom is -0.381 e. The Bertz CT molecular complexity index is 383. The van der Waals surface area contributed by atoms with Crippen molar-refractivity contribution in [3.05, 3.63) is 35.4 Å². The van der Waals surface area contributed by atoms with Crippen molar-refractivity contribution < 1.29 is 9.53 Å². The van der Waals surface area contributed by atoms with Crippen molar-refractivity contribution in [3.8, 4) is 0 Å². The molecule has 1 aliphatic rings. The zero-order chi connectivity index (χ0) is 12.3. The molecule has 0 bridgehead atoms. The number of carbonyl (C=O) groups is 1. The SMILES string of the molecule is COC1CC(NCc2ccc(C(N)=O)cc2)C1. The van der Waals surface area contributed by atoms with Crippen LogP contribution in [0.15, 0.2) is 24.3 Å². The predicted octanol–water partition coefficient (Wildman–Crippen LogP) is 1.05. The van der Waals surface area contributed by atoms with Crippen molar-refractivity contribution in [2.75, 3.05) is 7.11 Å². The van der Waals surface area contributed by atoms with Gasteiger partial charge in [0.05, 0.1) is 6.10 Å². The third-order valence-corrected chi connectivity index (χ3v) is 3.26. The summed E-state index contributed by atoms with van der Waals surface area (Å²) in [7, 11) is 1.75. The van der Waals surface area contributed by atoms with Gasteiger partial charge in [0.1, 0.15) is 0 Å². The summed E-state index contributed by atoms with van der Waals surface area (Å²) in [5.74, 6) is -0.383. The van der Waals surface area contributed by atoms with Crippen LogP contribution in [0.2, 0.25) is 0 Å². The molecule has 0 spiro atoms. The molecule has 0 aromatic heterocycles. The van der Waals surface area contributed by atoms with Crippen LogP contribution in [0.3, 0.4) is 0 Å². The van der Waals surface area contributed by atoms with Gasteiger partial charge in [-0.15, -0.1) is 0 Å². The fourth-order valence-corrected chi connectivity index (χ4v) is 1.97. The molecule has 1 fully saturated rings. The molecule has 0 unspecified atom stereocenters. The van der Waals surface area contributed by atoms with Gasteiger partial charge in [-0.2, -0.15) is 0 Å². The zero-order valence-corrected chi connectivity index (χ0v) is 9.98. The molecule has 17 heavy (non-hydrogen) atoms. The Hall–Kier alpha value is -1.39. The topological polar surface area (TPSA) is 64.3 Å². The van der Waals surface area contributed by atoms with Crippen LogP contribution in [0.4, 0.5) is 0 Å². The van der Waals surface area contributed by atoms with Crippen LogP contribution in [-0.4, -0.2) is 25.2 Å². The molecule has 4 nitrogen and oxygen atoms in total. The van der Waals surface area contributed by atoms with E-state index in [0.29, 0.717) is 17.7 Å². The van der Waals surface area contributed by atoms with E-state index in [9.17, 15) is 4.79 Å². The van der Waals surface area contributed by atoms with E-state index in [4.69, 9.17) is 10.5 Å². The number of rotatable bonds is 5. The Morgan fingerprint density at radius 1 is 1.41 bits per heavy atom. The number of benzene rings is 1. The molecule has 1 aliphatic carbocycles. The number of carbonyl (C=O) groups excluding carboxylic acids is 1. The number of hydrogen-bond donors (Lipinski definition) is 2. The van der Waals surface area contributed by atoms with Gasteiger partial charge in [-0.05, 0) is 30.5 Å². The molecule has 4 heteroatoms. The number of primary amides is 1. The zero-order valence-electron chi connectivity index (χ0n) is 9.98. The van der Waals surface area contributed by atoms with Crippen LogP contribution < -0.4 is 11.1 Å². The van der Waals surface area contributed by atoms with Gasteiger partial charge in [-0.3, -0.25) is 4.79 Å². The number of amides is 1. The minimum atomic E-state index is -0.383. The lowest BCUT2D eigenvalue weighted by molar-refractivity contribution is 0.0170. The fraction of sp³-hybridized carbons (Fsp3) is 0.462. The monoisotopic (exact) mass is 234 g/mol. The highest BCUT2D eigenvalue weighted by Crippen LogP contribution is 2.22. The molecule has 0 atom stereocenters. The second kappa shape index (κ2) is 5.29. The summed E-state index contributed by atoms with van der Waals surface area (Å²) in [6, 6.07) is 7.94. The van der Waals surface area contributed by atoms with E-state index in [1.54, 1.807) is 19.2 Å². The average Bonchev–Trinajstić information content (AvgIpc) is 2.28. The first-order valence-corrected chi connectivity index (χ1v) is 5.84. The summed E-state index contributed by atoms with van der Waals surface area (Å²) < 4.78 is 5.22. The summed E-state index contributed by atoms with van der Waals surface area (Å²) in [6.07, 6.45) is 2.58. The van der Waals surface area contributed by atoms with Gasteiger partial charge < -0.3 is 15.8 Å². The van der Waals surface area contributed by atoms with Crippen LogP contribution in [0.5, 0.6) is 0 Å². The van der Waals surface area contributed by atoms with E-state index in [1.165, 1.54) is 0 Å². The number of hydrogen-bond acceptors (Lipinski definition) is 3. The Kier molecular flexibility index (Phi) is 3.76. The summed E-state index contributed by atoms with van der Waals surface area (Å²) in [4.78, 5) is 10.9. The lowest BCUT2D eigenvalue weighted by Gasteiger charge is -2.34. The number of nitrogens with two attached hydrogens (primary N) is 1. The molecule has 1 amide bonds. The van der Waals surface area contributed by atoms with Gasteiger partial charge >= 0.3 is 0 Å². The molecule has 1 aromatic rings. The van der Waals surface area contributed by atoms with E-state index in [-0.39, 0.29) is 5.91 Å². The van der Waals surface area contributed by atoms with Crippen LogP contribution in [-0.2, 0) is 11.3 Å². The summed E-state index contributed by atoms with van der Waals surface area (Å²) in [5, 5.41) is 3.45. The van der Waals surface area contributed by atoms with Gasteiger partial charge in [0.2, 0.25) is 5.91 Å². The fourth-order valence-electron chi connectivity index (χ4n) is 1.97. The molecule has 0 heterocycles. The standard InChI is InChI=1S/C13H18N2O2/c1-17-12-6-11(7-12)15-8-9-2-4-10(5-3-9)13(14)16/h2-5,11-12,15H,6-8H2,1H3,(H2,14,16). The van der Waals surface area contributed by atoms with Crippen molar-refractivity contribution >= 4 is 5.91 Å². The van der Waals surface area contributed by atoms with Crippen molar-refractivity contribution in [2.24, 2.45) is 5.73 Å². The highest BCUT2D eigenvalue weighted by Gasteiger charge is 2.28. The van der Waals surface area contributed by atoms with E-state index < -0.39 is 0 Å². The predicted molar refractivity (Wildman–Crippen MR) is 65.6 cm³/mol. The smallest absolute Gasteiger partial charge is 0.248 e. The van der Waals surface area contributed by atoms with Crippen LogP contribution in [0.25, 0.3) is 0 Å². The molecule has 0 radical (unpaired) electrons. The Balaban J connectivity index is 1.78. The molecule has 1 saturated carbocycles. The average molecular weight is 234 g/mol. The van der Waals surface area contributed by atoms with Gasteiger partial charge in [0, 0.05) is 25.3 Å². The quantitative estimate of drug-likeness (QED) is 0.800. The number of nitrogens with one attached hydrogen (secondary N) is 1. The third kappa shape index (κ3) is 3.05. The van der Waals surface area contributed by atoms with Crippen molar-refractivity contribution in [1.82, 2.24) is 5.32 Å². The highest BCUT2D eigenvalue weighted by molar-refractivity contribution is 5.92. The molecule has 3 N–H and O–H groups in total. The van der Waals surface area contributed by atoms with E-state index in [1.807, 2.05) is 12.1 Å². The molecule has 1 aromatic carbocycles.